The summed E-state index contributed by atoms with van der Waals surface area (Å²) in [5.41, 5.74) is 1.90. The molecule has 1 aromatic carbocycles. The van der Waals surface area contributed by atoms with Gasteiger partial charge in [-0.25, -0.2) is 0 Å². The number of aromatic nitrogens is 1. The van der Waals surface area contributed by atoms with Gasteiger partial charge in [-0.05, 0) is 36.4 Å². The molecule has 0 unspecified atom stereocenters. The lowest BCUT2D eigenvalue weighted by molar-refractivity contribution is 0.221. The van der Waals surface area contributed by atoms with Crippen molar-refractivity contribution in [3.05, 3.63) is 54.4 Å². The van der Waals surface area contributed by atoms with Gasteiger partial charge < -0.3 is 15.2 Å². The van der Waals surface area contributed by atoms with E-state index in [2.05, 4.69) is 10.3 Å². The highest BCUT2D eigenvalue weighted by Crippen LogP contribution is 2.26. The fourth-order valence-electron chi connectivity index (χ4n) is 2.04. The normalized spacial score (nSPS) is 13.6. The Morgan fingerprint density at radius 1 is 1.20 bits per heavy atom. The quantitative estimate of drug-likeness (QED) is 0.849. The zero-order valence-corrected chi connectivity index (χ0v) is 11.8. The minimum Gasteiger partial charge on any atom is -0.497 e. The van der Waals surface area contributed by atoms with E-state index in [0.29, 0.717) is 0 Å². The lowest BCUT2D eigenvalue weighted by atomic mass is 9.98. The van der Waals surface area contributed by atoms with Gasteiger partial charge >= 0.3 is 0 Å². The molecule has 0 fully saturated rings. The predicted octanol–water partition coefficient (Wildman–Crippen LogP) is 2.87. The molecule has 2 N–H and O–H groups in total. The van der Waals surface area contributed by atoms with Crippen molar-refractivity contribution in [2.45, 2.75) is 13.0 Å². The van der Waals surface area contributed by atoms with Crippen LogP contribution in [0.25, 0.3) is 0 Å². The number of aliphatic hydroxyl groups excluding tert-OH is 1. The molecule has 0 amide bonds. The average Bonchev–Trinajstić information content (AvgIpc) is 2.53. The Kier molecular flexibility index (Phi) is 4.96. The molecule has 106 valence electrons. The minimum absolute atomic E-state index is 0.0328. The second kappa shape index (κ2) is 6.91. The van der Waals surface area contributed by atoms with Crippen molar-refractivity contribution in [3.63, 3.8) is 0 Å². The monoisotopic (exact) mass is 272 g/mol. The zero-order chi connectivity index (χ0) is 14.4. The number of nitrogens with zero attached hydrogens (tertiary/aromatic N) is 1. The first-order chi connectivity index (χ1) is 9.74. The van der Waals surface area contributed by atoms with Crippen LogP contribution in [0, 0.1) is 5.92 Å². The second-order valence-corrected chi connectivity index (χ2v) is 4.76. The molecule has 2 rings (SSSR count). The highest BCUT2D eigenvalue weighted by molar-refractivity contribution is 5.48. The van der Waals surface area contributed by atoms with Crippen molar-refractivity contribution >= 4 is 5.69 Å². The molecule has 0 radical (unpaired) electrons. The van der Waals surface area contributed by atoms with Gasteiger partial charge in [-0.1, -0.05) is 13.0 Å². The van der Waals surface area contributed by atoms with E-state index >= 15 is 0 Å². The SMILES string of the molecule is COc1ccc(N[C@H](c2ccccn2)[C@H](C)CO)cc1. The molecule has 20 heavy (non-hydrogen) atoms. The number of methoxy groups -OCH3 is 1. The summed E-state index contributed by atoms with van der Waals surface area (Å²) in [6.45, 7) is 2.10. The minimum atomic E-state index is -0.0328. The summed E-state index contributed by atoms with van der Waals surface area (Å²) < 4.78 is 5.15. The van der Waals surface area contributed by atoms with E-state index in [1.165, 1.54) is 0 Å². The van der Waals surface area contributed by atoms with Crippen molar-refractivity contribution in [2.75, 3.05) is 19.0 Å². The number of anilines is 1. The predicted molar refractivity (Wildman–Crippen MR) is 79.8 cm³/mol. The number of ether oxygens (including phenoxy) is 1. The smallest absolute Gasteiger partial charge is 0.119 e. The van der Waals surface area contributed by atoms with Crippen LogP contribution >= 0.6 is 0 Å². The molecule has 4 nitrogen and oxygen atoms in total. The molecule has 0 aliphatic carbocycles. The van der Waals surface area contributed by atoms with Gasteiger partial charge in [0.15, 0.2) is 0 Å². The van der Waals surface area contributed by atoms with Crippen LogP contribution in [0.1, 0.15) is 18.7 Å². The maximum absolute atomic E-state index is 9.44. The van der Waals surface area contributed by atoms with Gasteiger partial charge in [-0.15, -0.1) is 0 Å². The number of hydrogen-bond donors (Lipinski definition) is 2. The van der Waals surface area contributed by atoms with Gasteiger partial charge in [0.05, 0.1) is 18.8 Å². The summed E-state index contributed by atoms with van der Waals surface area (Å²) in [4.78, 5) is 4.38. The van der Waals surface area contributed by atoms with Gasteiger partial charge in [-0.3, -0.25) is 4.98 Å². The third kappa shape index (κ3) is 3.48. The Hall–Kier alpha value is -2.07. The van der Waals surface area contributed by atoms with Crippen LogP contribution in [-0.4, -0.2) is 23.8 Å². The van der Waals surface area contributed by atoms with Crippen molar-refractivity contribution in [1.29, 1.82) is 0 Å². The molecule has 0 spiro atoms. The van der Waals surface area contributed by atoms with Gasteiger partial charge in [0, 0.05) is 24.4 Å². The van der Waals surface area contributed by atoms with Crippen LogP contribution in [0.4, 0.5) is 5.69 Å². The number of nitrogens with one attached hydrogen (secondary N) is 1. The summed E-state index contributed by atoms with van der Waals surface area (Å²) in [6.07, 6.45) is 1.77. The van der Waals surface area contributed by atoms with Crippen LogP contribution in [-0.2, 0) is 0 Å². The summed E-state index contributed by atoms with van der Waals surface area (Å²) in [5.74, 6) is 0.882. The molecule has 0 saturated carbocycles. The average molecular weight is 272 g/mol. The van der Waals surface area contributed by atoms with Crippen molar-refractivity contribution in [3.8, 4) is 5.75 Å². The van der Waals surface area contributed by atoms with E-state index in [1.807, 2.05) is 49.4 Å². The lowest BCUT2D eigenvalue weighted by Gasteiger charge is -2.24. The first-order valence-corrected chi connectivity index (χ1v) is 6.67. The van der Waals surface area contributed by atoms with Gasteiger partial charge in [-0.2, -0.15) is 0 Å². The van der Waals surface area contributed by atoms with Gasteiger partial charge in [0.25, 0.3) is 0 Å². The van der Waals surface area contributed by atoms with E-state index in [-0.39, 0.29) is 18.6 Å². The summed E-state index contributed by atoms with van der Waals surface area (Å²) >= 11 is 0. The maximum atomic E-state index is 9.44. The van der Waals surface area contributed by atoms with Crippen molar-refractivity contribution in [2.24, 2.45) is 5.92 Å². The van der Waals surface area contributed by atoms with Crippen molar-refractivity contribution in [1.82, 2.24) is 4.98 Å². The molecule has 0 aliphatic heterocycles. The van der Waals surface area contributed by atoms with Crippen LogP contribution in [0.15, 0.2) is 48.7 Å². The Labute approximate surface area is 119 Å². The highest BCUT2D eigenvalue weighted by atomic mass is 16.5. The number of benzene rings is 1. The first kappa shape index (κ1) is 14.3. The Balaban J connectivity index is 2.19. The summed E-state index contributed by atoms with van der Waals surface area (Å²) in [7, 11) is 1.65. The highest BCUT2D eigenvalue weighted by Gasteiger charge is 2.19. The van der Waals surface area contributed by atoms with Crippen molar-refractivity contribution < 1.29 is 9.84 Å². The lowest BCUT2D eigenvalue weighted by Crippen LogP contribution is -2.22. The Morgan fingerprint density at radius 2 is 1.95 bits per heavy atom. The van der Waals surface area contributed by atoms with E-state index < -0.39 is 0 Å². The topological polar surface area (TPSA) is 54.4 Å². The number of aliphatic hydroxyl groups is 1. The van der Waals surface area contributed by atoms with Crippen LogP contribution in [0.2, 0.25) is 0 Å². The fourth-order valence-corrected chi connectivity index (χ4v) is 2.04. The standard InChI is InChI=1S/C16H20N2O2/c1-12(11-19)16(15-5-3-4-10-17-15)18-13-6-8-14(20-2)9-7-13/h3-10,12,16,18-19H,11H2,1-2H3/t12-,16+/m1/s1. The third-order valence-electron chi connectivity index (χ3n) is 3.28. The molecule has 0 aliphatic rings. The van der Waals surface area contributed by atoms with Crippen LogP contribution < -0.4 is 10.1 Å². The van der Waals surface area contributed by atoms with Gasteiger partial charge in [0.1, 0.15) is 5.75 Å². The van der Waals surface area contributed by atoms with Crippen LogP contribution in [0.3, 0.4) is 0 Å². The largest absolute Gasteiger partial charge is 0.497 e. The third-order valence-corrected chi connectivity index (χ3v) is 3.28. The molecule has 0 bridgehead atoms. The van der Waals surface area contributed by atoms with E-state index in [9.17, 15) is 5.11 Å². The van der Waals surface area contributed by atoms with E-state index in [4.69, 9.17) is 4.74 Å². The van der Waals surface area contributed by atoms with Crippen LogP contribution in [0.5, 0.6) is 5.75 Å². The molecule has 2 aromatic rings. The summed E-state index contributed by atoms with van der Waals surface area (Å²) in [6, 6.07) is 13.5. The van der Waals surface area contributed by atoms with Gasteiger partial charge in [0.2, 0.25) is 0 Å². The molecule has 1 aromatic heterocycles. The Morgan fingerprint density at radius 3 is 2.50 bits per heavy atom. The summed E-state index contributed by atoms with van der Waals surface area (Å²) in [5, 5.41) is 12.9. The molecular formula is C16H20N2O2. The fraction of sp³-hybridized carbons (Fsp3) is 0.312. The maximum Gasteiger partial charge on any atom is 0.119 e. The molecule has 2 atom stereocenters. The zero-order valence-electron chi connectivity index (χ0n) is 11.8. The molecule has 1 heterocycles. The molecule has 4 heteroatoms. The second-order valence-electron chi connectivity index (χ2n) is 4.76. The Bertz CT molecular complexity index is 514. The molecule has 0 saturated heterocycles. The number of rotatable bonds is 6. The van der Waals surface area contributed by atoms with E-state index in [1.54, 1.807) is 13.3 Å². The number of pyridine rings is 1. The first-order valence-electron chi connectivity index (χ1n) is 6.67. The number of hydrogen-bond acceptors (Lipinski definition) is 4. The van der Waals surface area contributed by atoms with E-state index in [0.717, 1.165) is 17.1 Å². The molecular weight excluding hydrogens is 252 g/mol.